The fourth-order valence-electron chi connectivity index (χ4n) is 4.56. The van der Waals surface area contributed by atoms with Crippen LogP contribution in [0.5, 0.6) is 0 Å². The van der Waals surface area contributed by atoms with Crippen molar-refractivity contribution in [1.82, 2.24) is 19.8 Å². The van der Waals surface area contributed by atoms with Gasteiger partial charge in [0, 0.05) is 61.5 Å². The molecule has 0 radical (unpaired) electrons. The largest absolute Gasteiger partial charge is 0.383 e. The monoisotopic (exact) mass is 476 g/mol. The number of piperazine rings is 1. The van der Waals surface area contributed by atoms with E-state index >= 15 is 0 Å². The van der Waals surface area contributed by atoms with Crippen LogP contribution in [0.2, 0.25) is 5.02 Å². The number of methoxy groups -OCH3 is 1. The minimum absolute atomic E-state index is 0.0164. The smallest absolute Gasteiger partial charge is 0.255 e. The molecule has 0 spiro atoms. The third-order valence-corrected chi connectivity index (χ3v) is 6.57. The summed E-state index contributed by atoms with van der Waals surface area (Å²) < 4.78 is 5.41. The second-order valence-electron chi connectivity index (χ2n) is 8.60. The standard InChI is InChI=1S/C26H25ClN4O3/c1-34-16-24-26(33)31(14-17-2-3-18-6-7-28-25(32)23(18)10-17)9-8-30(24)15-22-12-19-4-5-21(27)11-20(19)13-29-22/h2-7,10-13,24H,8-9,14-16H2,1H3,(H,28,32). The zero-order valence-electron chi connectivity index (χ0n) is 18.8. The molecular weight excluding hydrogens is 452 g/mol. The summed E-state index contributed by atoms with van der Waals surface area (Å²) >= 11 is 6.08. The first-order chi connectivity index (χ1) is 16.5. The number of carbonyl (C=O) groups excluding carboxylic acids is 1. The van der Waals surface area contributed by atoms with Crippen molar-refractivity contribution in [2.24, 2.45) is 0 Å². The molecule has 0 saturated carbocycles. The molecule has 1 aliphatic rings. The van der Waals surface area contributed by atoms with Gasteiger partial charge in [0.1, 0.15) is 6.04 Å². The maximum absolute atomic E-state index is 13.4. The predicted octanol–water partition coefficient (Wildman–Crippen LogP) is 3.59. The Morgan fingerprint density at radius 1 is 1.03 bits per heavy atom. The molecule has 3 heterocycles. The number of fused-ring (bicyclic) bond motifs is 2. The van der Waals surface area contributed by atoms with E-state index in [1.165, 1.54) is 0 Å². The lowest BCUT2D eigenvalue weighted by Gasteiger charge is -2.40. The molecule has 34 heavy (non-hydrogen) atoms. The molecule has 1 unspecified atom stereocenters. The Morgan fingerprint density at radius 3 is 2.74 bits per heavy atom. The minimum Gasteiger partial charge on any atom is -0.383 e. The molecular formula is C26H25ClN4O3. The lowest BCUT2D eigenvalue weighted by Crippen LogP contribution is -2.57. The Morgan fingerprint density at radius 2 is 1.88 bits per heavy atom. The van der Waals surface area contributed by atoms with Crippen LogP contribution in [-0.4, -0.2) is 58.5 Å². The Kier molecular flexibility index (Phi) is 6.32. The van der Waals surface area contributed by atoms with Crippen molar-refractivity contribution in [3.8, 4) is 0 Å². The number of benzene rings is 2. The number of rotatable bonds is 6. The summed E-state index contributed by atoms with van der Waals surface area (Å²) in [7, 11) is 1.61. The number of ether oxygens (including phenoxy) is 1. The molecule has 174 valence electrons. The van der Waals surface area contributed by atoms with Crippen molar-refractivity contribution in [3.63, 3.8) is 0 Å². The summed E-state index contributed by atoms with van der Waals surface area (Å²) in [4.78, 5) is 36.8. The molecule has 2 aromatic carbocycles. The van der Waals surface area contributed by atoms with Crippen LogP contribution in [0.3, 0.4) is 0 Å². The lowest BCUT2D eigenvalue weighted by molar-refractivity contribution is -0.145. The first-order valence-electron chi connectivity index (χ1n) is 11.2. The van der Waals surface area contributed by atoms with Gasteiger partial charge in [0.2, 0.25) is 5.91 Å². The van der Waals surface area contributed by atoms with Gasteiger partial charge in [-0.3, -0.25) is 19.5 Å². The van der Waals surface area contributed by atoms with Crippen molar-refractivity contribution < 1.29 is 9.53 Å². The molecule has 5 rings (SSSR count). The Balaban J connectivity index is 1.34. The Hall–Kier alpha value is -3.26. The van der Waals surface area contributed by atoms with Gasteiger partial charge >= 0.3 is 0 Å². The second kappa shape index (κ2) is 9.54. The topological polar surface area (TPSA) is 78.5 Å². The van der Waals surface area contributed by atoms with Gasteiger partial charge in [-0.2, -0.15) is 0 Å². The van der Waals surface area contributed by atoms with E-state index in [0.717, 1.165) is 27.4 Å². The summed E-state index contributed by atoms with van der Waals surface area (Å²) in [6.07, 6.45) is 3.46. The van der Waals surface area contributed by atoms with Crippen LogP contribution in [0.1, 0.15) is 11.3 Å². The van der Waals surface area contributed by atoms with E-state index in [9.17, 15) is 9.59 Å². The zero-order chi connectivity index (χ0) is 23.7. The SMILES string of the molecule is COCC1C(=O)N(Cc2ccc3cc[nH]c(=O)c3c2)CCN1Cc1cc2ccc(Cl)cc2cn1. The summed E-state index contributed by atoms with van der Waals surface area (Å²) in [5.41, 5.74) is 1.70. The number of amides is 1. The minimum atomic E-state index is -0.398. The van der Waals surface area contributed by atoms with Gasteiger partial charge in [-0.25, -0.2) is 0 Å². The first kappa shape index (κ1) is 22.5. The summed E-state index contributed by atoms with van der Waals surface area (Å²) in [6.45, 7) is 2.60. The number of aromatic amines is 1. The van der Waals surface area contributed by atoms with Gasteiger partial charge < -0.3 is 14.6 Å². The van der Waals surface area contributed by atoms with Gasteiger partial charge in [0.25, 0.3) is 5.56 Å². The van der Waals surface area contributed by atoms with Gasteiger partial charge in [0.15, 0.2) is 0 Å². The maximum atomic E-state index is 13.4. The maximum Gasteiger partial charge on any atom is 0.255 e. The first-order valence-corrected chi connectivity index (χ1v) is 11.6. The zero-order valence-corrected chi connectivity index (χ0v) is 19.6. The van der Waals surface area contributed by atoms with Crippen molar-refractivity contribution in [2.45, 2.75) is 19.1 Å². The number of hydrogen-bond acceptors (Lipinski definition) is 5. The number of nitrogens with zero attached hydrogens (tertiary/aromatic N) is 3. The van der Waals surface area contributed by atoms with Crippen LogP contribution in [0, 0.1) is 0 Å². The van der Waals surface area contributed by atoms with Crippen LogP contribution in [-0.2, 0) is 22.6 Å². The van der Waals surface area contributed by atoms with Crippen LogP contribution >= 0.6 is 11.6 Å². The normalized spacial score (nSPS) is 17.1. The highest BCUT2D eigenvalue weighted by Gasteiger charge is 2.35. The Bertz CT molecular complexity index is 1420. The quantitative estimate of drug-likeness (QED) is 0.460. The van der Waals surface area contributed by atoms with E-state index in [4.69, 9.17) is 16.3 Å². The number of nitrogens with one attached hydrogen (secondary N) is 1. The van der Waals surface area contributed by atoms with Gasteiger partial charge in [0.05, 0.1) is 12.3 Å². The van der Waals surface area contributed by atoms with Crippen molar-refractivity contribution >= 4 is 39.1 Å². The third-order valence-electron chi connectivity index (χ3n) is 6.34. The number of aromatic nitrogens is 2. The summed E-state index contributed by atoms with van der Waals surface area (Å²) in [6, 6.07) is 15.0. The Labute approximate surface area is 201 Å². The van der Waals surface area contributed by atoms with E-state index in [1.54, 1.807) is 13.3 Å². The van der Waals surface area contributed by atoms with Crippen LogP contribution in [0.25, 0.3) is 21.5 Å². The summed E-state index contributed by atoms with van der Waals surface area (Å²) in [5.74, 6) is 0.0164. The van der Waals surface area contributed by atoms with Crippen LogP contribution in [0.4, 0.5) is 0 Å². The number of carbonyl (C=O) groups is 1. The molecule has 1 saturated heterocycles. The van der Waals surface area contributed by atoms with Gasteiger partial charge in [-0.1, -0.05) is 29.8 Å². The molecule has 1 N–H and O–H groups in total. The van der Waals surface area contributed by atoms with E-state index < -0.39 is 6.04 Å². The second-order valence-corrected chi connectivity index (χ2v) is 9.03. The van der Waals surface area contributed by atoms with Crippen LogP contribution in [0.15, 0.2) is 65.7 Å². The van der Waals surface area contributed by atoms with E-state index in [0.29, 0.717) is 43.2 Å². The fourth-order valence-corrected chi connectivity index (χ4v) is 4.75. The van der Waals surface area contributed by atoms with Crippen molar-refractivity contribution in [1.29, 1.82) is 0 Å². The number of halogens is 1. The molecule has 7 nitrogen and oxygen atoms in total. The molecule has 1 atom stereocenters. The molecule has 1 aliphatic heterocycles. The van der Waals surface area contributed by atoms with Crippen molar-refractivity contribution in [2.75, 3.05) is 26.8 Å². The molecule has 1 fully saturated rings. The highest BCUT2D eigenvalue weighted by atomic mass is 35.5. The molecule has 8 heteroatoms. The van der Waals surface area contributed by atoms with Crippen molar-refractivity contribution in [3.05, 3.63) is 87.6 Å². The summed E-state index contributed by atoms with van der Waals surface area (Å²) in [5, 5.41) is 4.24. The van der Waals surface area contributed by atoms with E-state index in [-0.39, 0.29) is 11.5 Å². The molecule has 4 aromatic rings. The molecule has 1 amide bonds. The molecule has 0 aliphatic carbocycles. The third kappa shape index (κ3) is 4.55. The van der Waals surface area contributed by atoms with Gasteiger partial charge in [-0.15, -0.1) is 0 Å². The lowest BCUT2D eigenvalue weighted by atomic mass is 10.1. The molecule has 0 bridgehead atoms. The number of pyridine rings is 2. The highest BCUT2D eigenvalue weighted by Crippen LogP contribution is 2.22. The number of hydrogen-bond donors (Lipinski definition) is 1. The van der Waals surface area contributed by atoms with E-state index in [2.05, 4.69) is 14.9 Å². The van der Waals surface area contributed by atoms with Gasteiger partial charge in [-0.05, 0) is 46.7 Å². The average molecular weight is 477 g/mol. The number of H-pyrrole nitrogens is 1. The fraction of sp³-hybridized carbons (Fsp3) is 0.269. The predicted molar refractivity (Wildman–Crippen MR) is 133 cm³/mol. The molecule has 2 aromatic heterocycles. The highest BCUT2D eigenvalue weighted by molar-refractivity contribution is 6.31. The average Bonchev–Trinajstić information content (AvgIpc) is 2.84. The van der Waals surface area contributed by atoms with Crippen LogP contribution < -0.4 is 5.56 Å². The van der Waals surface area contributed by atoms with E-state index in [1.807, 2.05) is 59.6 Å².